The fourth-order valence-corrected chi connectivity index (χ4v) is 3.97. The number of hydrogen-bond donors (Lipinski definition) is 0. The van der Waals surface area contributed by atoms with E-state index >= 15 is 0 Å². The molecule has 3 aromatic rings. The van der Waals surface area contributed by atoms with Gasteiger partial charge in [-0.05, 0) is 29.8 Å². The molecule has 4 rings (SSSR count). The van der Waals surface area contributed by atoms with Gasteiger partial charge < -0.3 is 19.3 Å². The van der Waals surface area contributed by atoms with Gasteiger partial charge in [-0.2, -0.15) is 0 Å². The van der Waals surface area contributed by atoms with Gasteiger partial charge in [0.15, 0.2) is 5.69 Å². The molecule has 0 spiro atoms. The van der Waals surface area contributed by atoms with E-state index in [0.717, 1.165) is 5.56 Å². The molecule has 1 atom stereocenters. The van der Waals surface area contributed by atoms with Crippen molar-refractivity contribution in [3.63, 3.8) is 0 Å². The number of carbonyl (C=O) groups is 2. The number of benzene rings is 2. The number of rotatable bonds is 8. The lowest BCUT2D eigenvalue weighted by Crippen LogP contribution is -2.58. The molecule has 0 aliphatic carbocycles. The van der Waals surface area contributed by atoms with Crippen molar-refractivity contribution in [3.05, 3.63) is 77.9 Å². The second kappa shape index (κ2) is 10.6. The average molecular weight is 482 g/mol. The fraction of sp³-hybridized carbons (Fsp3) is 0.360. The Morgan fingerprint density at radius 1 is 1.17 bits per heavy atom. The summed E-state index contributed by atoms with van der Waals surface area (Å²) >= 11 is 0. The highest BCUT2D eigenvalue weighted by atomic mass is 19.1. The van der Waals surface area contributed by atoms with Crippen LogP contribution < -0.4 is 4.74 Å². The van der Waals surface area contributed by atoms with E-state index in [0.29, 0.717) is 18.8 Å². The summed E-state index contributed by atoms with van der Waals surface area (Å²) in [5, 5.41) is 7.75. The van der Waals surface area contributed by atoms with E-state index in [4.69, 9.17) is 9.47 Å². The maximum absolute atomic E-state index is 13.3. The predicted octanol–water partition coefficient (Wildman–Crippen LogP) is 2.29. The van der Waals surface area contributed by atoms with Crippen LogP contribution in [0.2, 0.25) is 0 Å². The third-order valence-corrected chi connectivity index (χ3v) is 5.83. The van der Waals surface area contributed by atoms with E-state index < -0.39 is 5.60 Å². The van der Waals surface area contributed by atoms with Crippen LogP contribution >= 0.6 is 0 Å². The van der Waals surface area contributed by atoms with Gasteiger partial charge in [-0.15, -0.1) is 5.10 Å². The maximum atomic E-state index is 13.3. The number of carbonyl (C=O) groups excluding carboxylic acids is 2. The zero-order chi connectivity index (χ0) is 24.8. The van der Waals surface area contributed by atoms with Crippen molar-refractivity contribution in [3.8, 4) is 5.75 Å². The van der Waals surface area contributed by atoms with E-state index in [9.17, 15) is 14.0 Å². The Morgan fingerprint density at radius 2 is 1.91 bits per heavy atom. The van der Waals surface area contributed by atoms with Crippen molar-refractivity contribution in [2.24, 2.45) is 7.05 Å². The van der Waals surface area contributed by atoms with Gasteiger partial charge in [0.2, 0.25) is 5.91 Å². The SMILES string of the molecule is CN(Cc1ccccc1)C(=O)C[C@]1(COc2ccc(F)cc2)CN(C(=O)c2cn(C)nn2)CCO1. The molecule has 2 amide bonds. The van der Waals surface area contributed by atoms with Crippen LogP contribution in [0, 0.1) is 5.82 Å². The van der Waals surface area contributed by atoms with E-state index in [-0.39, 0.29) is 49.5 Å². The second-order valence-corrected chi connectivity index (χ2v) is 8.69. The smallest absolute Gasteiger partial charge is 0.276 e. The van der Waals surface area contributed by atoms with Crippen LogP contribution in [0.3, 0.4) is 0 Å². The lowest BCUT2D eigenvalue weighted by molar-refractivity contribution is -0.152. The molecule has 0 N–H and O–H groups in total. The van der Waals surface area contributed by atoms with E-state index in [1.54, 1.807) is 30.1 Å². The van der Waals surface area contributed by atoms with Crippen LogP contribution in [0.1, 0.15) is 22.5 Å². The first kappa shape index (κ1) is 24.3. The van der Waals surface area contributed by atoms with Crippen LogP contribution in [-0.4, -0.2) is 75.6 Å². The number of aryl methyl sites for hydroxylation is 1. The summed E-state index contributed by atoms with van der Waals surface area (Å²) in [5.74, 6) is -0.376. The molecule has 1 saturated heterocycles. The molecular formula is C25H28FN5O4. The molecule has 2 heterocycles. The fourth-order valence-electron chi connectivity index (χ4n) is 3.97. The van der Waals surface area contributed by atoms with Gasteiger partial charge in [0.1, 0.15) is 23.8 Å². The highest BCUT2D eigenvalue weighted by Crippen LogP contribution is 2.26. The summed E-state index contributed by atoms with van der Waals surface area (Å²) in [5.41, 5.74) is 0.131. The van der Waals surface area contributed by atoms with Crippen LogP contribution in [0.5, 0.6) is 5.75 Å². The summed E-state index contributed by atoms with van der Waals surface area (Å²) < 4.78 is 26.8. The second-order valence-electron chi connectivity index (χ2n) is 8.69. The molecule has 1 aliphatic rings. The highest BCUT2D eigenvalue weighted by molar-refractivity contribution is 5.92. The quantitative estimate of drug-likeness (QED) is 0.491. The summed E-state index contributed by atoms with van der Waals surface area (Å²) in [7, 11) is 3.42. The standard InChI is InChI=1S/C25H28FN5O4/c1-29(15-19-6-4-3-5-7-19)23(32)14-25(18-34-21-10-8-20(26)9-11-21)17-31(12-13-35-25)24(33)22-16-30(2)28-27-22/h3-11,16H,12-15,17-18H2,1-2H3/t25-/m1/s1. The number of halogens is 1. The predicted molar refractivity (Wildman–Crippen MR) is 125 cm³/mol. The number of amides is 2. The first-order chi connectivity index (χ1) is 16.8. The Balaban J connectivity index is 1.51. The number of ether oxygens (including phenoxy) is 2. The Labute approximate surface area is 203 Å². The molecule has 1 aliphatic heterocycles. The van der Waals surface area contributed by atoms with Crippen molar-refractivity contribution in [2.75, 3.05) is 33.4 Å². The Bertz CT molecular complexity index is 1150. The molecule has 9 nitrogen and oxygen atoms in total. The van der Waals surface area contributed by atoms with Crippen molar-refractivity contribution >= 4 is 11.8 Å². The van der Waals surface area contributed by atoms with Gasteiger partial charge in [-0.3, -0.25) is 14.3 Å². The minimum Gasteiger partial charge on any atom is -0.490 e. The molecule has 10 heteroatoms. The van der Waals surface area contributed by atoms with E-state index in [1.165, 1.54) is 28.9 Å². The molecule has 184 valence electrons. The number of nitrogens with zero attached hydrogens (tertiary/aromatic N) is 5. The first-order valence-electron chi connectivity index (χ1n) is 11.3. The van der Waals surface area contributed by atoms with Crippen molar-refractivity contribution in [2.45, 2.75) is 18.6 Å². The Hall–Kier alpha value is -3.79. The molecule has 2 aromatic carbocycles. The molecule has 0 radical (unpaired) electrons. The topological polar surface area (TPSA) is 89.8 Å². The minimum absolute atomic E-state index is 0.00176. The van der Waals surface area contributed by atoms with Crippen LogP contribution in [0.4, 0.5) is 4.39 Å². The summed E-state index contributed by atoms with van der Waals surface area (Å²) in [6.45, 7) is 1.16. The number of hydrogen-bond acceptors (Lipinski definition) is 6. The van der Waals surface area contributed by atoms with E-state index in [2.05, 4.69) is 10.3 Å². The zero-order valence-electron chi connectivity index (χ0n) is 19.8. The summed E-state index contributed by atoms with van der Waals surface area (Å²) in [6.07, 6.45) is 1.55. The molecular weight excluding hydrogens is 453 g/mol. The van der Waals surface area contributed by atoms with Gasteiger partial charge in [0.25, 0.3) is 5.91 Å². The molecule has 1 aromatic heterocycles. The van der Waals surface area contributed by atoms with Crippen molar-refractivity contribution in [1.82, 2.24) is 24.8 Å². The molecule has 35 heavy (non-hydrogen) atoms. The molecule has 1 fully saturated rings. The van der Waals surface area contributed by atoms with Crippen LogP contribution in [0.25, 0.3) is 0 Å². The maximum Gasteiger partial charge on any atom is 0.276 e. The van der Waals surface area contributed by atoms with E-state index in [1.807, 2.05) is 30.3 Å². The molecule has 0 bridgehead atoms. The van der Waals surface area contributed by atoms with Gasteiger partial charge in [0.05, 0.1) is 25.8 Å². The highest BCUT2D eigenvalue weighted by Gasteiger charge is 2.42. The normalized spacial score (nSPS) is 17.7. The molecule has 0 saturated carbocycles. The average Bonchev–Trinajstić information content (AvgIpc) is 3.30. The number of morpholine rings is 1. The zero-order valence-corrected chi connectivity index (χ0v) is 19.8. The van der Waals surface area contributed by atoms with Crippen molar-refractivity contribution < 1.29 is 23.5 Å². The van der Waals surface area contributed by atoms with Crippen molar-refractivity contribution in [1.29, 1.82) is 0 Å². The third kappa shape index (κ3) is 6.21. The first-order valence-corrected chi connectivity index (χ1v) is 11.3. The Morgan fingerprint density at radius 3 is 2.60 bits per heavy atom. The van der Waals surface area contributed by atoms with Crippen LogP contribution in [-0.2, 0) is 23.1 Å². The van der Waals surface area contributed by atoms with Gasteiger partial charge in [-0.1, -0.05) is 35.5 Å². The van der Waals surface area contributed by atoms with Gasteiger partial charge in [0, 0.05) is 27.2 Å². The lowest BCUT2D eigenvalue weighted by atomic mass is 9.96. The summed E-state index contributed by atoms with van der Waals surface area (Å²) in [4.78, 5) is 29.5. The third-order valence-electron chi connectivity index (χ3n) is 5.83. The van der Waals surface area contributed by atoms with Crippen LogP contribution in [0.15, 0.2) is 60.8 Å². The Kier molecular flexibility index (Phi) is 7.40. The lowest BCUT2D eigenvalue weighted by Gasteiger charge is -2.42. The monoisotopic (exact) mass is 481 g/mol. The molecule has 0 unspecified atom stereocenters. The number of aromatic nitrogens is 3. The largest absolute Gasteiger partial charge is 0.490 e. The minimum atomic E-state index is -1.09. The van der Waals surface area contributed by atoms with Gasteiger partial charge >= 0.3 is 0 Å². The van der Waals surface area contributed by atoms with Gasteiger partial charge in [-0.25, -0.2) is 4.39 Å². The summed E-state index contributed by atoms with van der Waals surface area (Å²) in [6, 6.07) is 15.3.